The number of carbonyl (C=O) groups excluding carboxylic acids is 1. The van der Waals surface area contributed by atoms with Crippen LogP contribution < -0.4 is 11.1 Å². The van der Waals surface area contributed by atoms with Gasteiger partial charge < -0.3 is 25.5 Å². The molecule has 0 spiro atoms. The number of furan rings is 1. The largest absolute Gasteiger partial charge is 0.459 e. The molecule has 2 aromatic rings. The number of hydrogen-bond acceptors (Lipinski definition) is 7. The highest BCUT2D eigenvalue weighted by molar-refractivity contribution is 5.91. The summed E-state index contributed by atoms with van der Waals surface area (Å²) in [6, 6.07) is 3.46. The highest BCUT2D eigenvalue weighted by atomic mass is 16.3. The molecule has 4 N–H and O–H groups in total. The number of nitrogens with zero attached hydrogens (tertiary/aromatic N) is 3. The van der Waals surface area contributed by atoms with Crippen LogP contribution in [-0.4, -0.2) is 45.1 Å². The molecule has 8 heteroatoms. The monoisotopic (exact) mass is 359 g/mol. The van der Waals surface area contributed by atoms with Crippen molar-refractivity contribution in [1.29, 1.82) is 0 Å². The van der Waals surface area contributed by atoms with Gasteiger partial charge in [-0.25, -0.2) is 4.98 Å². The molecule has 2 aromatic heterocycles. The average molecular weight is 359 g/mol. The second-order valence-corrected chi connectivity index (χ2v) is 6.45. The van der Waals surface area contributed by atoms with Crippen LogP contribution in [0.4, 0.5) is 11.8 Å². The number of amides is 1. The van der Waals surface area contributed by atoms with Gasteiger partial charge in [0.25, 0.3) is 5.91 Å². The van der Waals surface area contributed by atoms with Crippen molar-refractivity contribution < 1.29 is 14.3 Å². The van der Waals surface area contributed by atoms with Crippen molar-refractivity contribution >= 4 is 17.7 Å². The van der Waals surface area contributed by atoms with E-state index in [0.717, 1.165) is 24.1 Å². The first-order valence-electron chi connectivity index (χ1n) is 8.97. The van der Waals surface area contributed by atoms with Gasteiger partial charge in [0, 0.05) is 31.2 Å². The van der Waals surface area contributed by atoms with Gasteiger partial charge >= 0.3 is 0 Å². The lowest BCUT2D eigenvalue weighted by Gasteiger charge is -2.30. The van der Waals surface area contributed by atoms with E-state index in [-0.39, 0.29) is 24.5 Å². The predicted molar refractivity (Wildman–Crippen MR) is 97.6 cm³/mol. The number of aliphatic hydroxyl groups is 1. The van der Waals surface area contributed by atoms with Crippen molar-refractivity contribution in [3.63, 3.8) is 0 Å². The van der Waals surface area contributed by atoms with E-state index in [1.807, 2.05) is 0 Å². The number of hydrogen-bond donors (Lipinski definition) is 3. The molecule has 0 saturated heterocycles. The first-order chi connectivity index (χ1) is 12.6. The summed E-state index contributed by atoms with van der Waals surface area (Å²) in [5.74, 6) is 1.04. The summed E-state index contributed by atoms with van der Waals surface area (Å²) in [7, 11) is 0. The molecule has 0 radical (unpaired) electrons. The molecular weight excluding hydrogens is 334 g/mol. The van der Waals surface area contributed by atoms with Crippen molar-refractivity contribution in [3.05, 3.63) is 35.4 Å². The highest BCUT2D eigenvalue weighted by Gasteiger charge is 2.27. The van der Waals surface area contributed by atoms with Crippen molar-refractivity contribution in [2.24, 2.45) is 0 Å². The van der Waals surface area contributed by atoms with Gasteiger partial charge in [-0.15, -0.1) is 0 Å². The Labute approximate surface area is 152 Å². The van der Waals surface area contributed by atoms with E-state index in [1.165, 1.54) is 6.26 Å². The van der Waals surface area contributed by atoms with Crippen LogP contribution in [0.1, 0.15) is 48.0 Å². The average Bonchev–Trinajstić information content (AvgIpc) is 3.16. The summed E-state index contributed by atoms with van der Waals surface area (Å²) in [4.78, 5) is 23.0. The van der Waals surface area contributed by atoms with Crippen LogP contribution in [0.15, 0.2) is 22.8 Å². The van der Waals surface area contributed by atoms with Crippen molar-refractivity contribution in [2.45, 2.75) is 45.2 Å². The maximum absolute atomic E-state index is 12.6. The summed E-state index contributed by atoms with van der Waals surface area (Å²) >= 11 is 0. The Morgan fingerprint density at radius 2 is 2.31 bits per heavy atom. The standard InChI is InChI=1S/C18H25N5O3/c1-2-4-12(7-9-24)20-16-13-11-23(17(25)15-5-3-10-26-15)8-6-14(13)21-18(19)22-16/h3,5,10,12,24H,2,4,6-9,11H2,1H3,(H3,19,20,21,22). The minimum atomic E-state index is -0.149. The summed E-state index contributed by atoms with van der Waals surface area (Å²) in [6.07, 6.45) is 4.63. The molecule has 8 nitrogen and oxygen atoms in total. The number of nitrogens with one attached hydrogen (secondary N) is 1. The van der Waals surface area contributed by atoms with Gasteiger partial charge in [-0.2, -0.15) is 4.98 Å². The Bertz CT molecular complexity index is 742. The normalized spacial score (nSPS) is 14.8. The van der Waals surface area contributed by atoms with Gasteiger partial charge in [0.15, 0.2) is 5.76 Å². The van der Waals surface area contributed by atoms with Crippen LogP contribution >= 0.6 is 0 Å². The smallest absolute Gasteiger partial charge is 0.289 e. The number of nitrogen functional groups attached to an aromatic ring is 1. The van der Waals surface area contributed by atoms with E-state index in [1.54, 1.807) is 17.0 Å². The summed E-state index contributed by atoms with van der Waals surface area (Å²) in [6.45, 7) is 3.15. The first-order valence-corrected chi connectivity index (χ1v) is 8.97. The Morgan fingerprint density at radius 1 is 1.46 bits per heavy atom. The topological polar surface area (TPSA) is 118 Å². The van der Waals surface area contributed by atoms with Crippen LogP contribution in [0.25, 0.3) is 0 Å². The van der Waals surface area contributed by atoms with Crippen LogP contribution in [-0.2, 0) is 13.0 Å². The van der Waals surface area contributed by atoms with Crippen LogP contribution in [0.3, 0.4) is 0 Å². The van der Waals surface area contributed by atoms with Crippen LogP contribution in [0.5, 0.6) is 0 Å². The molecular formula is C18H25N5O3. The molecule has 0 bridgehead atoms. The molecule has 1 unspecified atom stereocenters. The quantitative estimate of drug-likeness (QED) is 0.690. The molecule has 1 atom stereocenters. The van der Waals surface area contributed by atoms with Crippen LogP contribution in [0.2, 0.25) is 0 Å². The third-order valence-electron chi connectivity index (χ3n) is 4.55. The Morgan fingerprint density at radius 3 is 3.00 bits per heavy atom. The third kappa shape index (κ3) is 3.96. The van der Waals surface area contributed by atoms with E-state index in [2.05, 4.69) is 22.2 Å². The van der Waals surface area contributed by atoms with Crippen molar-refractivity contribution in [3.8, 4) is 0 Å². The zero-order chi connectivity index (χ0) is 18.5. The molecule has 1 aliphatic heterocycles. The third-order valence-corrected chi connectivity index (χ3v) is 4.55. The van der Waals surface area contributed by atoms with E-state index >= 15 is 0 Å². The molecule has 0 fully saturated rings. The van der Waals surface area contributed by atoms with E-state index in [0.29, 0.717) is 37.5 Å². The van der Waals surface area contributed by atoms with Crippen molar-refractivity contribution in [2.75, 3.05) is 24.2 Å². The summed E-state index contributed by atoms with van der Waals surface area (Å²) in [5, 5.41) is 12.7. The van der Waals surface area contributed by atoms with Gasteiger partial charge in [0.05, 0.1) is 18.5 Å². The maximum Gasteiger partial charge on any atom is 0.289 e. The number of aliphatic hydroxyl groups excluding tert-OH is 1. The second-order valence-electron chi connectivity index (χ2n) is 6.45. The molecule has 0 aliphatic carbocycles. The molecule has 1 aliphatic rings. The van der Waals surface area contributed by atoms with E-state index in [9.17, 15) is 9.90 Å². The number of nitrogens with two attached hydrogens (primary N) is 1. The molecule has 26 heavy (non-hydrogen) atoms. The SMILES string of the molecule is CCCC(CCO)Nc1nc(N)nc2c1CN(C(=O)c1ccco1)CC2. The summed E-state index contributed by atoms with van der Waals surface area (Å²) < 4.78 is 5.23. The number of rotatable bonds is 7. The molecule has 0 aromatic carbocycles. The van der Waals surface area contributed by atoms with E-state index < -0.39 is 0 Å². The molecule has 140 valence electrons. The molecule has 3 heterocycles. The minimum Gasteiger partial charge on any atom is -0.459 e. The minimum absolute atomic E-state index is 0.0968. The fraction of sp³-hybridized carbons (Fsp3) is 0.500. The number of fused-ring (bicyclic) bond motifs is 1. The Balaban J connectivity index is 1.84. The summed E-state index contributed by atoms with van der Waals surface area (Å²) in [5.41, 5.74) is 7.61. The van der Waals surface area contributed by atoms with Crippen LogP contribution in [0, 0.1) is 0 Å². The first kappa shape index (κ1) is 18.2. The van der Waals surface area contributed by atoms with Gasteiger partial charge in [-0.1, -0.05) is 13.3 Å². The van der Waals surface area contributed by atoms with Gasteiger partial charge in [-0.05, 0) is 25.0 Å². The molecule has 3 rings (SSSR count). The zero-order valence-electron chi connectivity index (χ0n) is 14.9. The van der Waals surface area contributed by atoms with Gasteiger partial charge in [-0.3, -0.25) is 4.79 Å². The fourth-order valence-corrected chi connectivity index (χ4v) is 3.27. The highest BCUT2D eigenvalue weighted by Crippen LogP contribution is 2.27. The zero-order valence-corrected chi connectivity index (χ0v) is 14.9. The number of anilines is 2. The van der Waals surface area contributed by atoms with Crippen molar-refractivity contribution in [1.82, 2.24) is 14.9 Å². The molecule has 0 saturated carbocycles. The Kier molecular flexibility index (Phi) is 5.72. The lowest BCUT2D eigenvalue weighted by atomic mass is 10.0. The molecule has 1 amide bonds. The van der Waals surface area contributed by atoms with Gasteiger partial charge in [0.2, 0.25) is 5.95 Å². The number of carbonyl (C=O) groups is 1. The fourth-order valence-electron chi connectivity index (χ4n) is 3.27. The lowest BCUT2D eigenvalue weighted by molar-refractivity contribution is 0.0701. The second kappa shape index (κ2) is 8.18. The Hall–Kier alpha value is -2.61. The maximum atomic E-state index is 12.6. The number of aromatic nitrogens is 2. The lowest BCUT2D eigenvalue weighted by Crippen LogP contribution is -2.37. The van der Waals surface area contributed by atoms with Gasteiger partial charge in [0.1, 0.15) is 5.82 Å². The van der Waals surface area contributed by atoms with E-state index in [4.69, 9.17) is 10.2 Å². The predicted octanol–water partition coefficient (Wildman–Crippen LogP) is 1.81.